The van der Waals surface area contributed by atoms with Gasteiger partial charge in [-0.3, -0.25) is 0 Å². The van der Waals surface area contributed by atoms with Gasteiger partial charge in [0, 0.05) is 31.4 Å². The molecule has 0 bridgehead atoms. The number of aryl methyl sites for hydroxylation is 1. The van der Waals surface area contributed by atoms with Gasteiger partial charge in [-0.2, -0.15) is 0 Å². The third-order valence-corrected chi connectivity index (χ3v) is 3.69. The minimum Gasteiger partial charge on any atom is -0.355 e. The van der Waals surface area contributed by atoms with Crippen LogP contribution in [-0.2, 0) is 6.54 Å². The van der Waals surface area contributed by atoms with Crippen LogP contribution in [0.25, 0.3) is 0 Å². The predicted molar refractivity (Wildman–Crippen MR) is 75.8 cm³/mol. The maximum Gasteiger partial charge on any atom is 0.129 e. The van der Waals surface area contributed by atoms with Crippen LogP contribution in [-0.4, -0.2) is 43.1 Å². The van der Waals surface area contributed by atoms with Gasteiger partial charge in [-0.1, -0.05) is 0 Å². The van der Waals surface area contributed by atoms with Crippen molar-refractivity contribution in [2.75, 3.05) is 32.1 Å². The Morgan fingerprint density at radius 2 is 2.22 bits per heavy atom. The van der Waals surface area contributed by atoms with Crippen LogP contribution in [0.4, 0.5) is 5.82 Å². The van der Waals surface area contributed by atoms with Crippen molar-refractivity contribution in [1.29, 1.82) is 0 Å². The third kappa shape index (κ3) is 3.00. The van der Waals surface area contributed by atoms with Crippen molar-refractivity contribution in [2.45, 2.75) is 32.4 Å². The van der Waals surface area contributed by atoms with Crippen LogP contribution in [0.3, 0.4) is 0 Å². The summed E-state index contributed by atoms with van der Waals surface area (Å²) >= 11 is 0. The Morgan fingerprint density at radius 1 is 1.44 bits per heavy atom. The number of rotatable bonds is 3. The summed E-state index contributed by atoms with van der Waals surface area (Å²) < 4.78 is 0. The van der Waals surface area contributed by atoms with Crippen LogP contribution >= 0.6 is 0 Å². The Hall–Kier alpha value is -1.13. The monoisotopic (exact) mass is 248 g/mol. The molecule has 0 aliphatic carbocycles. The molecule has 1 unspecified atom stereocenters. The Labute approximate surface area is 110 Å². The number of nitrogens with two attached hydrogens (primary N) is 1. The lowest BCUT2D eigenvalue weighted by molar-refractivity contribution is 0.257. The molecule has 2 heterocycles. The zero-order valence-electron chi connectivity index (χ0n) is 11.7. The van der Waals surface area contributed by atoms with E-state index < -0.39 is 0 Å². The molecule has 100 valence electrons. The number of hydrogen-bond acceptors (Lipinski definition) is 4. The number of likely N-dealkylation sites (N-methyl/N-ethyl adjacent to an activating group) is 1. The van der Waals surface area contributed by atoms with Crippen molar-refractivity contribution in [1.82, 2.24) is 9.88 Å². The van der Waals surface area contributed by atoms with E-state index >= 15 is 0 Å². The summed E-state index contributed by atoms with van der Waals surface area (Å²) in [5.41, 5.74) is 7.96. The SMILES string of the molecule is Cc1cc(CN)cc(N2CCCC(N(C)C)C2)n1. The molecule has 2 rings (SSSR count). The fourth-order valence-electron chi connectivity index (χ4n) is 2.59. The lowest BCUT2D eigenvalue weighted by Gasteiger charge is -2.37. The zero-order chi connectivity index (χ0) is 13.1. The summed E-state index contributed by atoms with van der Waals surface area (Å²) in [5.74, 6) is 1.09. The molecule has 1 aliphatic rings. The first-order chi connectivity index (χ1) is 8.60. The van der Waals surface area contributed by atoms with Crippen molar-refractivity contribution >= 4 is 5.82 Å². The number of anilines is 1. The normalized spacial score (nSPS) is 20.5. The maximum atomic E-state index is 5.74. The first-order valence-corrected chi connectivity index (χ1v) is 6.69. The van der Waals surface area contributed by atoms with Gasteiger partial charge in [-0.15, -0.1) is 0 Å². The van der Waals surface area contributed by atoms with Gasteiger partial charge in [-0.25, -0.2) is 4.98 Å². The highest BCUT2D eigenvalue weighted by Gasteiger charge is 2.22. The van der Waals surface area contributed by atoms with E-state index in [4.69, 9.17) is 5.73 Å². The maximum absolute atomic E-state index is 5.74. The van der Waals surface area contributed by atoms with Crippen LogP contribution in [0.2, 0.25) is 0 Å². The average molecular weight is 248 g/mol. The van der Waals surface area contributed by atoms with Gasteiger partial charge in [0.1, 0.15) is 5.82 Å². The van der Waals surface area contributed by atoms with Gasteiger partial charge in [-0.05, 0) is 51.6 Å². The number of piperidine rings is 1. The van der Waals surface area contributed by atoms with Gasteiger partial charge >= 0.3 is 0 Å². The molecule has 0 amide bonds. The van der Waals surface area contributed by atoms with E-state index in [0.29, 0.717) is 12.6 Å². The number of pyridine rings is 1. The van der Waals surface area contributed by atoms with Crippen molar-refractivity contribution in [3.8, 4) is 0 Å². The summed E-state index contributed by atoms with van der Waals surface area (Å²) in [5, 5.41) is 0. The topological polar surface area (TPSA) is 45.4 Å². The molecular weight excluding hydrogens is 224 g/mol. The van der Waals surface area contributed by atoms with Gasteiger partial charge in [0.25, 0.3) is 0 Å². The molecule has 1 saturated heterocycles. The second kappa shape index (κ2) is 5.67. The van der Waals surface area contributed by atoms with E-state index in [1.165, 1.54) is 18.4 Å². The predicted octanol–water partition coefficient (Wildman–Crippen LogP) is 1.38. The molecule has 4 nitrogen and oxygen atoms in total. The molecular formula is C14H24N4. The smallest absolute Gasteiger partial charge is 0.129 e. The van der Waals surface area contributed by atoms with E-state index in [-0.39, 0.29) is 0 Å². The summed E-state index contributed by atoms with van der Waals surface area (Å²) in [4.78, 5) is 9.35. The second-order valence-corrected chi connectivity index (χ2v) is 5.38. The molecule has 1 aromatic rings. The molecule has 1 atom stereocenters. The fourth-order valence-corrected chi connectivity index (χ4v) is 2.59. The largest absolute Gasteiger partial charge is 0.355 e. The molecule has 4 heteroatoms. The number of hydrogen-bond donors (Lipinski definition) is 1. The van der Waals surface area contributed by atoms with Crippen molar-refractivity contribution in [3.63, 3.8) is 0 Å². The van der Waals surface area contributed by atoms with E-state index in [9.17, 15) is 0 Å². The van der Waals surface area contributed by atoms with Crippen molar-refractivity contribution in [2.24, 2.45) is 5.73 Å². The molecule has 1 aliphatic heterocycles. The first-order valence-electron chi connectivity index (χ1n) is 6.69. The molecule has 0 aromatic carbocycles. The van der Waals surface area contributed by atoms with Gasteiger partial charge in [0.15, 0.2) is 0 Å². The quantitative estimate of drug-likeness (QED) is 0.878. The Balaban J connectivity index is 2.17. The highest BCUT2D eigenvalue weighted by molar-refractivity contribution is 5.43. The third-order valence-electron chi connectivity index (χ3n) is 3.69. The molecule has 0 radical (unpaired) electrons. The van der Waals surface area contributed by atoms with Crippen LogP contribution in [0.1, 0.15) is 24.1 Å². The summed E-state index contributed by atoms with van der Waals surface area (Å²) in [6.45, 7) is 4.79. The summed E-state index contributed by atoms with van der Waals surface area (Å²) in [7, 11) is 4.31. The van der Waals surface area contributed by atoms with E-state index in [0.717, 1.165) is 24.6 Å². The highest BCUT2D eigenvalue weighted by atomic mass is 15.2. The fraction of sp³-hybridized carbons (Fsp3) is 0.643. The van der Waals surface area contributed by atoms with Crippen LogP contribution in [0, 0.1) is 6.92 Å². The van der Waals surface area contributed by atoms with Crippen LogP contribution in [0.15, 0.2) is 12.1 Å². The number of nitrogens with zero attached hydrogens (tertiary/aromatic N) is 3. The van der Waals surface area contributed by atoms with Gasteiger partial charge < -0.3 is 15.5 Å². The van der Waals surface area contributed by atoms with Crippen LogP contribution in [0.5, 0.6) is 0 Å². The lowest BCUT2D eigenvalue weighted by atomic mass is 10.0. The van der Waals surface area contributed by atoms with Crippen molar-refractivity contribution in [3.05, 3.63) is 23.4 Å². The van der Waals surface area contributed by atoms with E-state index in [1.807, 2.05) is 6.92 Å². The Kier molecular flexibility index (Phi) is 4.19. The molecule has 1 aromatic heterocycles. The van der Waals surface area contributed by atoms with Crippen molar-refractivity contribution < 1.29 is 0 Å². The summed E-state index contributed by atoms with van der Waals surface area (Å²) in [6.07, 6.45) is 2.51. The minimum absolute atomic E-state index is 0.585. The first kappa shape index (κ1) is 13.3. The zero-order valence-corrected chi connectivity index (χ0v) is 11.7. The molecule has 2 N–H and O–H groups in total. The average Bonchev–Trinajstić information content (AvgIpc) is 2.38. The van der Waals surface area contributed by atoms with E-state index in [1.54, 1.807) is 0 Å². The second-order valence-electron chi connectivity index (χ2n) is 5.38. The van der Waals surface area contributed by atoms with Gasteiger partial charge in [0.2, 0.25) is 0 Å². The molecule has 0 saturated carbocycles. The van der Waals surface area contributed by atoms with Gasteiger partial charge in [0.05, 0.1) is 0 Å². The van der Waals surface area contributed by atoms with E-state index in [2.05, 4.69) is 41.0 Å². The highest BCUT2D eigenvalue weighted by Crippen LogP contribution is 2.21. The lowest BCUT2D eigenvalue weighted by Crippen LogP contribution is -2.45. The number of aromatic nitrogens is 1. The molecule has 1 fully saturated rings. The standard InChI is InChI=1S/C14H24N4/c1-11-7-12(9-15)8-14(16-11)18-6-4-5-13(10-18)17(2)3/h7-8,13H,4-6,9-10,15H2,1-3H3. The molecule has 18 heavy (non-hydrogen) atoms. The van der Waals surface area contributed by atoms with Crippen LogP contribution < -0.4 is 10.6 Å². The Morgan fingerprint density at radius 3 is 2.89 bits per heavy atom. The molecule has 0 spiro atoms. The minimum atomic E-state index is 0.585. The summed E-state index contributed by atoms with van der Waals surface area (Å²) in [6, 6.07) is 4.82. The Bertz CT molecular complexity index is 403.